The largest absolute Gasteiger partial charge is 0.253 e. The van der Waals surface area contributed by atoms with E-state index in [0.29, 0.717) is 10.9 Å². The average Bonchev–Trinajstić information content (AvgIpc) is 2.97. The molecule has 3 nitrogen and oxygen atoms in total. The Kier molecular flexibility index (Phi) is 6.52. The molecular formula is C16H21Cl2N3. The van der Waals surface area contributed by atoms with Gasteiger partial charge in [0, 0.05) is 16.6 Å². The van der Waals surface area contributed by atoms with E-state index in [1.807, 2.05) is 22.9 Å². The SMILES string of the molecule is CCCCC(CCn1cncn1)Cc1ccc(Cl)cc1Cl. The molecule has 0 spiro atoms. The van der Waals surface area contributed by atoms with Crippen LogP contribution in [0, 0.1) is 5.92 Å². The fourth-order valence-electron chi connectivity index (χ4n) is 2.50. The first-order valence-corrected chi connectivity index (χ1v) is 8.21. The van der Waals surface area contributed by atoms with E-state index in [9.17, 15) is 0 Å². The van der Waals surface area contributed by atoms with Crippen molar-refractivity contribution in [1.82, 2.24) is 14.8 Å². The predicted octanol–water partition coefficient (Wildman–Crippen LogP) is 5.02. The fraction of sp³-hybridized carbons (Fsp3) is 0.500. The maximum absolute atomic E-state index is 6.30. The molecule has 0 aliphatic heterocycles. The van der Waals surface area contributed by atoms with Crippen molar-refractivity contribution in [2.45, 2.75) is 45.6 Å². The van der Waals surface area contributed by atoms with Crippen LogP contribution in [0.4, 0.5) is 0 Å². The number of halogens is 2. The molecule has 2 aromatic rings. The zero-order valence-corrected chi connectivity index (χ0v) is 13.8. The van der Waals surface area contributed by atoms with E-state index < -0.39 is 0 Å². The van der Waals surface area contributed by atoms with Crippen LogP contribution in [0.25, 0.3) is 0 Å². The molecule has 1 unspecified atom stereocenters. The lowest BCUT2D eigenvalue weighted by Gasteiger charge is -2.17. The lowest BCUT2D eigenvalue weighted by Crippen LogP contribution is -2.10. The molecule has 0 aliphatic rings. The number of aryl methyl sites for hydroxylation is 1. The third kappa shape index (κ3) is 5.33. The van der Waals surface area contributed by atoms with E-state index in [1.165, 1.54) is 24.8 Å². The normalized spacial score (nSPS) is 12.5. The highest BCUT2D eigenvalue weighted by atomic mass is 35.5. The molecule has 0 aliphatic carbocycles. The molecule has 1 atom stereocenters. The molecule has 5 heteroatoms. The van der Waals surface area contributed by atoms with Gasteiger partial charge in [0.2, 0.25) is 0 Å². The lowest BCUT2D eigenvalue weighted by atomic mass is 9.91. The number of aromatic nitrogens is 3. The van der Waals surface area contributed by atoms with Gasteiger partial charge in [-0.3, -0.25) is 4.68 Å². The highest BCUT2D eigenvalue weighted by Crippen LogP contribution is 2.26. The molecule has 0 bridgehead atoms. The average molecular weight is 326 g/mol. The summed E-state index contributed by atoms with van der Waals surface area (Å²) in [5, 5.41) is 5.63. The van der Waals surface area contributed by atoms with Crippen molar-refractivity contribution in [2.75, 3.05) is 0 Å². The summed E-state index contributed by atoms with van der Waals surface area (Å²) in [5.74, 6) is 0.604. The van der Waals surface area contributed by atoms with Crippen LogP contribution in [-0.2, 0) is 13.0 Å². The van der Waals surface area contributed by atoms with E-state index in [4.69, 9.17) is 23.2 Å². The monoisotopic (exact) mass is 325 g/mol. The maximum atomic E-state index is 6.30. The van der Waals surface area contributed by atoms with Gasteiger partial charge >= 0.3 is 0 Å². The zero-order valence-electron chi connectivity index (χ0n) is 12.3. The molecule has 2 rings (SSSR count). The molecular weight excluding hydrogens is 305 g/mol. The first-order valence-electron chi connectivity index (χ1n) is 7.45. The number of hydrogen-bond acceptors (Lipinski definition) is 2. The molecule has 1 aromatic heterocycles. The number of benzene rings is 1. The maximum Gasteiger partial charge on any atom is 0.137 e. The summed E-state index contributed by atoms with van der Waals surface area (Å²) in [6, 6.07) is 5.78. The second kappa shape index (κ2) is 8.40. The van der Waals surface area contributed by atoms with Gasteiger partial charge in [0.25, 0.3) is 0 Å². The Morgan fingerprint density at radius 2 is 2.10 bits per heavy atom. The Balaban J connectivity index is 1.97. The van der Waals surface area contributed by atoms with Gasteiger partial charge in [0.05, 0.1) is 0 Å². The number of rotatable bonds is 8. The van der Waals surface area contributed by atoms with Gasteiger partial charge in [-0.05, 0) is 36.5 Å². The summed E-state index contributed by atoms with van der Waals surface area (Å²) in [7, 11) is 0. The van der Waals surface area contributed by atoms with Gasteiger partial charge in [-0.25, -0.2) is 4.98 Å². The van der Waals surface area contributed by atoms with Gasteiger partial charge < -0.3 is 0 Å². The summed E-state index contributed by atoms with van der Waals surface area (Å²) in [6.07, 6.45) is 9.10. The highest BCUT2D eigenvalue weighted by Gasteiger charge is 2.12. The molecule has 1 heterocycles. The van der Waals surface area contributed by atoms with Gasteiger partial charge in [0.1, 0.15) is 12.7 Å². The Hall–Kier alpha value is -1.06. The highest BCUT2D eigenvalue weighted by molar-refractivity contribution is 6.35. The second-order valence-electron chi connectivity index (χ2n) is 5.40. The summed E-state index contributed by atoms with van der Waals surface area (Å²) in [5.41, 5.74) is 1.18. The van der Waals surface area contributed by atoms with Crippen molar-refractivity contribution in [3.63, 3.8) is 0 Å². The summed E-state index contributed by atoms with van der Waals surface area (Å²) in [4.78, 5) is 3.99. The molecule has 0 amide bonds. The van der Waals surface area contributed by atoms with Crippen molar-refractivity contribution in [3.8, 4) is 0 Å². The number of nitrogens with zero attached hydrogens (tertiary/aromatic N) is 3. The van der Waals surface area contributed by atoms with E-state index >= 15 is 0 Å². The minimum absolute atomic E-state index is 0.604. The topological polar surface area (TPSA) is 30.7 Å². The van der Waals surface area contributed by atoms with Crippen molar-refractivity contribution in [2.24, 2.45) is 5.92 Å². The van der Waals surface area contributed by atoms with Gasteiger partial charge in [-0.15, -0.1) is 0 Å². The van der Waals surface area contributed by atoms with Crippen molar-refractivity contribution in [1.29, 1.82) is 0 Å². The van der Waals surface area contributed by atoms with Gasteiger partial charge in [-0.2, -0.15) is 5.10 Å². The molecule has 0 N–H and O–H groups in total. The quantitative estimate of drug-likeness (QED) is 0.681. The lowest BCUT2D eigenvalue weighted by molar-refractivity contribution is 0.392. The first kappa shape index (κ1) is 16.3. The summed E-state index contributed by atoms with van der Waals surface area (Å²) in [6.45, 7) is 3.13. The van der Waals surface area contributed by atoms with Crippen molar-refractivity contribution >= 4 is 23.2 Å². The second-order valence-corrected chi connectivity index (χ2v) is 6.24. The molecule has 21 heavy (non-hydrogen) atoms. The molecule has 0 saturated carbocycles. The van der Waals surface area contributed by atoms with Crippen LogP contribution >= 0.6 is 23.2 Å². The van der Waals surface area contributed by atoms with E-state index in [-0.39, 0.29) is 0 Å². The minimum atomic E-state index is 0.604. The van der Waals surface area contributed by atoms with Crippen LogP contribution in [-0.4, -0.2) is 14.8 Å². The van der Waals surface area contributed by atoms with Crippen LogP contribution in [0.5, 0.6) is 0 Å². The number of hydrogen-bond donors (Lipinski definition) is 0. The third-order valence-corrected chi connectivity index (χ3v) is 4.31. The Morgan fingerprint density at radius 1 is 1.24 bits per heavy atom. The van der Waals surface area contributed by atoms with Gasteiger partial charge in [-0.1, -0.05) is 55.5 Å². The predicted molar refractivity (Wildman–Crippen MR) is 87.8 cm³/mol. The van der Waals surface area contributed by atoms with Crippen LogP contribution in [0.15, 0.2) is 30.9 Å². The zero-order chi connectivity index (χ0) is 15.1. The van der Waals surface area contributed by atoms with E-state index in [2.05, 4.69) is 17.0 Å². The standard InChI is InChI=1S/C16H21Cl2N3/c1-2-3-4-13(7-8-21-12-19-11-20-21)9-14-5-6-15(17)10-16(14)18/h5-6,10-13H,2-4,7-9H2,1H3. The molecule has 114 valence electrons. The minimum Gasteiger partial charge on any atom is -0.253 e. The van der Waals surface area contributed by atoms with Crippen LogP contribution in [0.2, 0.25) is 10.0 Å². The Bertz CT molecular complexity index is 540. The van der Waals surface area contributed by atoms with Crippen molar-refractivity contribution in [3.05, 3.63) is 46.5 Å². The Labute approximate surface area is 136 Å². The van der Waals surface area contributed by atoms with Crippen LogP contribution < -0.4 is 0 Å². The van der Waals surface area contributed by atoms with E-state index in [0.717, 1.165) is 24.4 Å². The van der Waals surface area contributed by atoms with Crippen molar-refractivity contribution < 1.29 is 0 Å². The summed E-state index contributed by atoms with van der Waals surface area (Å²) < 4.78 is 1.89. The number of unbranched alkanes of at least 4 members (excludes halogenated alkanes) is 1. The van der Waals surface area contributed by atoms with Crippen LogP contribution in [0.3, 0.4) is 0 Å². The smallest absolute Gasteiger partial charge is 0.137 e. The summed E-state index contributed by atoms with van der Waals surface area (Å²) >= 11 is 12.3. The van der Waals surface area contributed by atoms with Crippen LogP contribution in [0.1, 0.15) is 38.2 Å². The fourth-order valence-corrected chi connectivity index (χ4v) is 2.99. The van der Waals surface area contributed by atoms with Gasteiger partial charge in [0.15, 0.2) is 0 Å². The van der Waals surface area contributed by atoms with E-state index in [1.54, 1.807) is 12.7 Å². The first-order chi connectivity index (χ1) is 10.2. The molecule has 1 aromatic carbocycles. The molecule has 0 saturated heterocycles. The third-order valence-electron chi connectivity index (χ3n) is 3.72. The Morgan fingerprint density at radius 3 is 2.76 bits per heavy atom. The molecule has 0 fully saturated rings. The molecule has 0 radical (unpaired) electrons.